The summed E-state index contributed by atoms with van der Waals surface area (Å²) < 4.78 is 61.2. The minimum Gasteiger partial charge on any atom is -0.378 e. The lowest BCUT2D eigenvalue weighted by atomic mass is 10.2. The van der Waals surface area contributed by atoms with Crippen LogP contribution in [0.3, 0.4) is 0 Å². The Balaban J connectivity index is 2.05. The number of anilines is 2. The number of hydrogen-bond acceptors (Lipinski definition) is 8. The molecule has 2 aromatic carbocycles. The van der Waals surface area contributed by atoms with E-state index in [-0.39, 0.29) is 34.3 Å². The highest BCUT2D eigenvalue weighted by Crippen LogP contribution is 2.32. The maximum atomic E-state index is 13.0. The Bertz CT molecular complexity index is 1210. The zero-order valence-electron chi connectivity index (χ0n) is 18.3. The first-order chi connectivity index (χ1) is 15.6. The van der Waals surface area contributed by atoms with Crippen LogP contribution in [0.4, 0.5) is 17.1 Å². The Labute approximate surface area is 193 Å². The molecule has 3 rings (SSSR count). The van der Waals surface area contributed by atoms with Crippen molar-refractivity contribution in [2.45, 2.75) is 23.6 Å². The maximum Gasteiger partial charge on any atom is 0.269 e. The fourth-order valence-electron chi connectivity index (χ4n) is 3.50. The second-order valence-electron chi connectivity index (χ2n) is 7.22. The molecule has 0 amide bonds. The topological polar surface area (TPSA) is 139 Å². The van der Waals surface area contributed by atoms with Crippen molar-refractivity contribution in [2.24, 2.45) is 0 Å². The normalized spacial score (nSPS) is 14.9. The van der Waals surface area contributed by atoms with Crippen molar-refractivity contribution in [3.63, 3.8) is 0 Å². The number of non-ortho nitro benzene ring substituents is 1. The number of sulfonamides is 2. The van der Waals surface area contributed by atoms with Crippen LogP contribution in [0.5, 0.6) is 0 Å². The monoisotopic (exact) mass is 498 g/mol. The van der Waals surface area contributed by atoms with Gasteiger partial charge in [-0.05, 0) is 30.3 Å². The Hall–Kier alpha value is -2.74. The smallest absolute Gasteiger partial charge is 0.269 e. The van der Waals surface area contributed by atoms with E-state index in [0.29, 0.717) is 32.0 Å². The molecular formula is C20H26N4O7S2. The Morgan fingerprint density at radius 3 is 2.12 bits per heavy atom. The summed E-state index contributed by atoms with van der Waals surface area (Å²) in [5.74, 6) is 0. The van der Waals surface area contributed by atoms with E-state index < -0.39 is 25.0 Å². The zero-order chi connectivity index (χ0) is 24.2. The number of hydrogen-bond donors (Lipinski definition) is 1. The Morgan fingerprint density at radius 2 is 1.58 bits per heavy atom. The van der Waals surface area contributed by atoms with Crippen LogP contribution in [-0.4, -0.2) is 65.5 Å². The van der Waals surface area contributed by atoms with Crippen LogP contribution < -0.4 is 9.62 Å². The molecule has 0 aliphatic carbocycles. The molecule has 0 spiro atoms. The molecule has 1 aliphatic rings. The van der Waals surface area contributed by atoms with E-state index >= 15 is 0 Å². The lowest BCUT2D eigenvalue weighted by molar-refractivity contribution is -0.384. The number of rotatable bonds is 9. The van der Waals surface area contributed by atoms with Crippen molar-refractivity contribution in [1.29, 1.82) is 0 Å². The van der Waals surface area contributed by atoms with Gasteiger partial charge in [-0.1, -0.05) is 13.8 Å². The Kier molecular flexibility index (Phi) is 7.57. The van der Waals surface area contributed by atoms with Gasteiger partial charge < -0.3 is 9.64 Å². The summed E-state index contributed by atoms with van der Waals surface area (Å²) in [6.07, 6.45) is 0. The highest BCUT2D eigenvalue weighted by molar-refractivity contribution is 7.92. The molecule has 0 radical (unpaired) electrons. The first kappa shape index (κ1) is 24.9. The number of nitro benzene ring substituents is 1. The van der Waals surface area contributed by atoms with Gasteiger partial charge in [0.05, 0.1) is 39.3 Å². The van der Waals surface area contributed by atoms with E-state index in [0.717, 1.165) is 24.3 Å². The molecule has 0 atom stereocenters. The average molecular weight is 499 g/mol. The van der Waals surface area contributed by atoms with Crippen molar-refractivity contribution in [3.05, 3.63) is 52.6 Å². The van der Waals surface area contributed by atoms with Crippen LogP contribution in [0.15, 0.2) is 52.3 Å². The number of nitro groups is 1. The highest BCUT2D eigenvalue weighted by atomic mass is 32.2. The lowest BCUT2D eigenvalue weighted by Crippen LogP contribution is -2.37. The van der Waals surface area contributed by atoms with Gasteiger partial charge in [0, 0.05) is 38.3 Å². The molecule has 180 valence electrons. The van der Waals surface area contributed by atoms with Crippen molar-refractivity contribution < 1.29 is 26.5 Å². The van der Waals surface area contributed by atoms with Gasteiger partial charge in [0.15, 0.2) is 0 Å². The molecular weight excluding hydrogens is 472 g/mol. The van der Waals surface area contributed by atoms with E-state index in [1.54, 1.807) is 19.9 Å². The van der Waals surface area contributed by atoms with E-state index in [1.807, 2.05) is 4.90 Å². The molecule has 0 aromatic heterocycles. The third-order valence-corrected chi connectivity index (χ3v) is 8.69. The maximum absolute atomic E-state index is 13.0. The van der Waals surface area contributed by atoms with Gasteiger partial charge >= 0.3 is 0 Å². The van der Waals surface area contributed by atoms with Crippen LogP contribution in [-0.2, 0) is 24.8 Å². The molecule has 0 unspecified atom stereocenters. The summed E-state index contributed by atoms with van der Waals surface area (Å²) in [6, 6.07) is 8.80. The summed E-state index contributed by atoms with van der Waals surface area (Å²) in [4.78, 5) is 11.9. The number of nitrogens with zero attached hydrogens (tertiary/aromatic N) is 3. The predicted octanol–water partition coefficient (Wildman–Crippen LogP) is 2.26. The molecule has 11 nitrogen and oxygen atoms in total. The summed E-state index contributed by atoms with van der Waals surface area (Å²) in [5, 5.41) is 10.9. The molecule has 0 bridgehead atoms. The third-order valence-electron chi connectivity index (χ3n) is 5.27. The van der Waals surface area contributed by atoms with Crippen LogP contribution in [0.1, 0.15) is 13.8 Å². The molecule has 1 saturated heterocycles. The van der Waals surface area contributed by atoms with Crippen LogP contribution in [0, 0.1) is 10.1 Å². The van der Waals surface area contributed by atoms with E-state index in [9.17, 15) is 26.9 Å². The largest absolute Gasteiger partial charge is 0.378 e. The first-order valence-electron chi connectivity index (χ1n) is 10.3. The van der Waals surface area contributed by atoms with Gasteiger partial charge in [0.1, 0.15) is 0 Å². The second kappa shape index (κ2) is 10.0. The SMILES string of the molecule is CCN(CC)S(=O)(=O)c1ccc(N2CCOCC2)c(NS(=O)(=O)c2ccc([N+](=O)[O-])cc2)c1. The van der Waals surface area contributed by atoms with Crippen LogP contribution in [0.25, 0.3) is 0 Å². The molecule has 1 aliphatic heterocycles. The van der Waals surface area contributed by atoms with Gasteiger partial charge in [-0.25, -0.2) is 16.8 Å². The first-order valence-corrected chi connectivity index (χ1v) is 13.3. The van der Waals surface area contributed by atoms with Gasteiger partial charge in [-0.2, -0.15) is 4.31 Å². The van der Waals surface area contributed by atoms with Gasteiger partial charge in [-0.3, -0.25) is 14.8 Å². The minimum absolute atomic E-state index is 0.0374. The van der Waals surface area contributed by atoms with Gasteiger partial charge in [0.25, 0.3) is 15.7 Å². The van der Waals surface area contributed by atoms with Crippen molar-refractivity contribution in [1.82, 2.24) is 4.31 Å². The molecule has 1 N–H and O–H groups in total. The van der Waals surface area contributed by atoms with Crippen molar-refractivity contribution in [3.8, 4) is 0 Å². The fourth-order valence-corrected chi connectivity index (χ4v) is 6.05. The molecule has 1 fully saturated rings. The standard InChI is InChI=1S/C20H26N4O7S2/c1-3-23(4-2)33(29,30)18-9-10-20(22-11-13-31-14-12-22)19(15-18)21-32(27,28)17-7-5-16(6-8-17)24(25)26/h5-10,15,21H,3-4,11-14H2,1-2H3. The predicted molar refractivity (Wildman–Crippen MR) is 123 cm³/mol. The summed E-state index contributed by atoms with van der Waals surface area (Å²) in [7, 11) is -7.98. The van der Waals surface area contributed by atoms with E-state index in [4.69, 9.17) is 4.74 Å². The zero-order valence-corrected chi connectivity index (χ0v) is 19.9. The summed E-state index contributed by atoms with van der Waals surface area (Å²) in [5.41, 5.74) is 0.376. The average Bonchev–Trinajstić information content (AvgIpc) is 2.80. The van der Waals surface area contributed by atoms with Crippen molar-refractivity contribution >= 4 is 37.1 Å². The Morgan fingerprint density at radius 1 is 1.00 bits per heavy atom. The molecule has 13 heteroatoms. The van der Waals surface area contributed by atoms with Crippen LogP contribution >= 0.6 is 0 Å². The number of nitrogens with one attached hydrogen (secondary N) is 1. The second-order valence-corrected chi connectivity index (χ2v) is 10.8. The quantitative estimate of drug-likeness (QED) is 0.410. The molecule has 1 heterocycles. The third kappa shape index (κ3) is 5.43. The summed E-state index contributed by atoms with van der Waals surface area (Å²) >= 11 is 0. The molecule has 33 heavy (non-hydrogen) atoms. The highest BCUT2D eigenvalue weighted by Gasteiger charge is 2.26. The minimum atomic E-state index is -4.15. The van der Waals surface area contributed by atoms with Crippen molar-refractivity contribution in [2.75, 3.05) is 49.0 Å². The van der Waals surface area contributed by atoms with E-state index in [1.165, 1.54) is 16.4 Å². The molecule has 2 aromatic rings. The van der Waals surface area contributed by atoms with Gasteiger partial charge in [0.2, 0.25) is 10.0 Å². The number of morpholine rings is 1. The molecule has 0 saturated carbocycles. The lowest BCUT2D eigenvalue weighted by Gasteiger charge is -2.31. The summed E-state index contributed by atoms with van der Waals surface area (Å²) in [6.45, 7) is 5.91. The number of ether oxygens (including phenoxy) is 1. The van der Waals surface area contributed by atoms with Crippen LogP contribution in [0.2, 0.25) is 0 Å². The number of benzene rings is 2. The van der Waals surface area contributed by atoms with Gasteiger partial charge in [-0.15, -0.1) is 0 Å². The van der Waals surface area contributed by atoms with E-state index in [2.05, 4.69) is 4.72 Å². The fraction of sp³-hybridized carbons (Fsp3) is 0.400.